The van der Waals surface area contributed by atoms with Crippen molar-refractivity contribution in [1.29, 1.82) is 0 Å². The van der Waals surface area contributed by atoms with E-state index in [0.29, 0.717) is 27.7 Å². The lowest BCUT2D eigenvalue weighted by molar-refractivity contribution is -0.140. The molecule has 7 nitrogen and oxygen atoms in total. The van der Waals surface area contributed by atoms with E-state index in [0.717, 1.165) is 40.0 Å². The SMILES string of the molecule is CCC(C(=O)NC1CCCC1)N(Cc1ccc(Cl)c(Cl)c1)C(=O)CN(c1ccc(Br)cc1)S(=O)(=O)c1ccc(C)cc1. The highest BCUT2D eigenvalue weighted by Crippen LogP contribution is 2.28. The number of benzene rings is 3. The van der Waals surface area contributed by atoms with Crippen molar-refractivity contribution < 1.29 is 18.0 Å². The number of anilines is 1. The van der Waals surface area contributed by atoms with Crippen LogP contribution in [0, 0.1) is 6.92 Å². The van der Waals surface area contributed by atoms with Crippen LogP contribution >= 0.6 is 39.1 Å². The normalized spacial score (nSPS) is 14.4. The van der Waals surface area contributed by atoms with E-state index in [9.17, 15) is 18.0 Å². The molecule has 0 aromatic heterocycles. The van der Waals surface area contributed by atoms with Gasteiger partial charge in [0, 0.05) is 17.1 Å². The second-order valence-corrected chi connectivity index (χ2v) is 14.1. The minimum atomic E-state index is -4.14. The van der Waals surface area contributed by atoms with Crippen molar-refractivity contribution in [3.8, 4) is 0 Å². The fourth-order valence-corrected chi connectivity index (χ4v) is 7.09. The lowest BCUT2D eigenvalue weighted by Gasteiger charge is -2.34. The highest BCUT2D eigenvalue weighted by molar-refractivity contribution is 9.10. The molecule has 1 aliphatic carbocycles. The Morgan fingerprint density at radius 2 is 1.62 bits per heavy atom. The van der Waals surface area contributed by atoms with E-state index >= 15 is 0 Å². The number of hydrogen-bond donors (Lipinski definition) is 1. The van der Waals surface area contributed by atoms with E-state index < -0.39 is 28.5 Å². The van der Waals surface area contributed by atoms with Gasteiger partial charge in [0.2, 0.25) is 11.8 Å². The van der Waals surface area contributed by atoms with Crippen molar-refractivity contribution >= 4 is 66.7 Å². The van der Waals surface area contributed by atoms with Crippen LogP contribution in [0.15, 0.2) is 76.1 Å². The Kier molecular flexibility index (Phi) is 11.0. The van der Waals surface area contributed by atoms with Crippen molar-refractivity contribution in [2.75, 3.05) is 10.8 Å². The topological polar surface area (TPSA) is 86.8 Å². The van der Waals surface area contributed by atoms with Crippen LogP contribution in [0.25, 0.3) is 0 Å². The predicted molar refractivity (Wildman–Crippen MR) is 171 cm³/mol. The quantitative estimate of drug-likeness (QED) is 0.232. The van der Waals surface area contributed by atoms with Crippen LogP contribution in [0.1, 0.15) is 50.2 Å². The van der Waals surface area contributed by atoms with Gasteiger partial charge in [-0.2, -0.15) is 0 Å². The highest BCUT2D eigenvalue weighted by atomic mass is 79.9. The van der Waals surface area contributed by atoms with Gasteiger partial charge in [-0.1, -0.05) is 82.7 Å². The minimum absolute atomic E-state index is 0.0467. The van der Waals surface area contributed by atoms with Crippen molar-refractivity contribution in [3.05, 3.63) is 92.4 Å². The third kappa shape index (κ3) is 7.86. The average molecular weight is 696 g/mol. The molecule has 1 atom stereocenters. The van der Waals surface area contributed by atoms with Gasteiger partial charge in [0.1, 0.15) is 12.6 Å². The molecule has 1 aliphatic rings. The Balaban J connectivity index is 1.72. The van der Waals surface area contributed by atoms with Gasteiger partial charge >= 0.3 is 0 Å². The van der Waals surface area contributed by atoms with Crippen molar-refractivity contribution in [2.45, 2.75) is 69.5 Å². The summed E-state index contributed by atoms with van der Waals surface area (Å²) in [4.78, 5) is 29.2. The van der Waals surface area contributed by atoms with Gasteiger partial charge < -0.3 is 10.2 Å². The van der Waals surface area contributed by atoms with Crippen molar-refractivity contribution in [3.63, 3.8) is 0 Å². The van der Waals surface area contributed by atoms with Gasteiger partial charge in [-0.15, -0.1) is 0 Å². The van der Waals surface area contributed by atoms with E-state index in [2.05, 4.69) is 21.2 Å². The van der Waals surface area contributed by atoms with Crippen molar-refractivity contribution in [2.24, 2.45) is 0 Å². The molecule has 0 saturated heterocycles. The van der Waals surface area contributed by atoms with Gasteiger partial charge in [-0.05, 0) is 80.3 Å². The fraction of sp³-hybridized carbons (Fsp3) is 0.355. The number of sulfonamides is 1. The summed E-state index contributed by atoms with van der Waals surface area (Å²) in [5, 5.41) is 3.80. The number of nitrogens with zero attached hydrogens (tertiary/aromatic N) is 2. The van der Waals surface area contributed by atoms with E-state index in [4.69, 9.17) is 23.2 Å². The number of carbonyl (C=O) groups is 2. The van der Waals surface area contributed by atoms with Crippen LogP contribution < -0.4 is 9.62 Å². The monoisotopic (exact) mass is 693 g/mol. The molecular weight excluding hydrogens is 661 g/mol. The fourth-order valence-electron chi connectivity index (χ4n) is 5.10. The van der Waals surface area contributed by atoms with Crippen LogP contribution in [0.5, 0.6) is 0 Å². The molecule has 1 unspecified atom stereocenters. The molecule has 42 heavy (non-hydrogen) atoms. The highest BCUT2D eigenvalue weighted by Gasteiger charge is 2.34. The third-order valence-corrected chi connectivity index (χ3v) is 10.5. The minimum Gasteiger partial charge on any atom is -0.352 e. The molecule has 3 aromatic rings. The first-order valence-corrected chi connectivity index (χ1v) is 16.9. The first kappa shape index (κ1) is 32.3. The number of hydrogen-bond acceptors (Lipinski definition) is 4. The summed E-state index contributed by atoms with van der Waals surface area (Å²) in [5.74, 6) is -0.775. The average Bonchev–Trinajstić information content (AvgIpc) is 3.47. The molecule has 1 N–H and O–H groups in total. The summed E-state index contributed by atoms with van der Waals surface area (Å²) < 4.78 is 29.8. The van der Waals surface area contributed by atoms with Gasteiger partial charge in [-0.3, -0.25) is 13.9 Å². The number of nitrogens with one attached hydrogen (secondary N) is 1. The maximum absolute atomic E-state index is 14.2. The molecule has 2 amide bonds. The number of amides is 2. The summed E-state index contributed by atoms with van der Waals surface area (Å²) in [5.41, 5.74) is 1.90. The van der Waals surface area contributed by atoms with E-state index in [1.54, 1.807) is 54.6 Å². The molecule has 1 fully saturated rings. The van der Waals surface area contributed by atoms with Crippen LogP contribution in [0.2, 0.25) is 10.0 Å². The second kappa shape index (κ2) is 14.3. The largest absolute Gasteiger partial charge is 0.352 e. The summed E-state index contributed by atoms with van der Waals surface area (Å²) in [6.45, 7) is 3.25. The van der Waals surface area contributed by atoms with E-state index in [1.165, 1.54) is 17.0 Å². The Hall–Kier alpha value is -2.59. The van der Waals surface area contributed by atoms with Crippen molar-refractivity contribution in [1.82, 2.24) is 10.2 Å². The van der Waals surface area contributed by atoms with E-state index in [1.807, 2.05) is 13.8 Å². The van der Waals surface area contributed by atoms with Gasteiger partial charge in [0.15, 0.2) is 0 Å². The van der Waals surface area contributed by atoms with Crippen LogP contribution in [0.3, 0.4) is 0 Å². The maximum Gasteiger partial charge on any atom is 0.264 e. The molecule has 0 heterocycles. The Labute approximate surface area is 266 Å². The number of aryl methyl sites for hydroxylation is 1. The maximum atomic E-state index is 14.2. The molecule has 0 radical (unpaired) electrons. The summed E-state index contributed by atoms with van der Waals surface area (Å²) in [7, 11) is -4.14. The predicted octanol–water partition coefficient (Wildman–Crippen LogP) is 7.13. The first-order valence-electron chi connectivity index (χ1n) is 13.9. The zero-order chi connectivity index (χ0) is 30.4. The molecule has 11 heteroatoms. The first-order chi connectivity index (χ1) is 20.0. The number of carbonyl (C=O) groups excluding carboxylic acids is 2. The zero-order valence-electron chi connectivity index (χ0n) is 23.5. The zero-order valence-corrected chi connectivity index (χ0v) is 27.4. The summed E-state index contributed by atoms with van der Waals surface area (Å²) in [6, 6.07) is 17.5. The molecule has 0 aliphatic heterocycles. The van der Waals surface area contributed by atoms with Crippen LogP contribution in [0.4, 0.5) is 5.69 Å². The smallest absolute Gasteiger partial charge is 0.264 e. The third-order valence-electron chi connectivity index (χ3n) is 7.43. The Morgan fingerprint density at radius 3 is 2.21 bits per heavy atom. The number of halogens is 3. The van der Waals surface area contributed by atoms with Gasteiger partial charge in [-0.25, -0.2) is 8.42 Å². The molecule has 3 aromatic carbocycles. The summed E-state index contributed by atoms with van der Waals surface area (Å²) in [6.07, 6.45) is 4.23. The van der Waals surface area contributed by atoms with Crippen LogP contribution in [-0.4, -0.2) is 43.8 Å². The molecule has 224 valence electrons. The van der Waals surface area contributed by atoms with Crippen LogP contribution in [-0.2, 0) is 26.2 Å². The molecular formula is C31H34BrCl2N3O4S. The van der Waals surface area contributed by atoms with Gasteiger partial charge in [0.05, 0.1) is 20.6 Å². The number of rotatable bonds is 11. The molecule has 4 rings (SSSR count). The molecule has 0 spiro atoms. The standard InChI is InChI=1S/C31H34BrCl2N3O4S/c1-3-29(31(39)35-24-6-4-5-7-24)36(19-22-10-17-27(33)28(34)18-22)30(38)20-37(25-13-11-23(32)12-14-25)42(40,41)26-15-8-21(2)9-16-26/h8-18,24,29H,3-7,19-20H2,1-2H3,(H,35,39). The van der Waals surface area contributed by atoms with Gasteiger partial charge in [0.25, 0.3) is 10.0 Å². The lowest BCUT2D eigenvalue weighted by Crippen LogP contribution is -2.53. The summed E-state index contributed by atoms with van der Waals surface area (Å²) >= 11 is 15.8. The second-order valence-electron chi connectivity index (χ2n) is 10.5. The Morgan fingerprint density at radius 1 is 0.976 bits per heavy atom. The Bertz CT molecular complexity index is 1510. The molecule has 1 saturated carbocycles. The molecule has 0 bridgehead atoms. The van der Waals surface area contributed by atoms with E-state index in [-0.39, 0.29) is 23.4 Å². The lowest BCUT2D eigenvalue weighted by atomic mass is 10.1.